The highest BCUT2D eigenvalue weighted by Gasteiger charge is 2.12. The highest BCUT2D eigenvalue weighted by Crippen LogP contribution is 2.29. The number of pyridine rings is 1. The molecule has 136 valence electrons. The molecule has 0 aliphatic carbocycles. The van der Waals surface area contributed by atoms with Crippen LogP contribution in [-0.2, 0) is 0 Å². The summed E-state index contributed by atoms with van der Waals surface area (Å²) in [4.78, 5) is 25.2. The number of carbonyl (C=O) groups excluding carboxylic acids is 1. The first-order valence-corrected chi connectivity index (χ1v) is 8.55. The molecular weight excluding hydrogens is 366 g/mol. The molecule has 0 saturated carbocycles. The van der Waals surface area contributed by atoms with Gasteiger partial charge in [-0.2, -0.15) is 0 Å². The van der Waals surface area contributed by atoms with Crippen LogP contribution in [0, 0.1) is 0 Å². The Morgan fingerprint density at radius 3 is 2.78 bits per heavy atom. The van der Waals surface area contributed by atoms with E-state index in [1.165, 1.54) is 11.3 Å². The van der Waals surface area contributed by atoms with Gasteiger partial charge in [0.1, 0.15) is 5.82 Å². The average molecular weight is 382 g/mol. The van der Waals surface area contributed by atoms with Crippen LogP contribution >= 0.6 is 11.6 Å². The number of benzene rings is 1. The van der Waals surface area contributed by atoms with Gasteiger partial charge in [-0.3, -0.25) is 4.79 Å². The van der Waals surface area contributed by atoms with Crippen molar-refractivity contribution < 1.29 is 9.21 Å². The molecule has 0 radical (unpaired) electrons. The van der Waals surface area contributed by atoms with E-state index < -0.39 is 0 Å². The van der Waals surface area contributed by atoms with Crippen LogP contribution in [-0.4, -0.2) is 39.9 Å². The number of fused-ring (bicyclic) bond motifs is 1. The SMILES string of the molecule is CN(C)C(=O)c1ccc(Nc2cc3[nH]c(-c4cnco4)cc3cn2)c(Cl)c1. The number of H-pyrrole nitrogens is 1. The first kappa shape index (κ1) is 17.1. The van der Waals surface area contributed by atoms with Crippen LogP contribution < -0.4 is 5.32 Å². The summed E-state index contributed by atoms with van der Waals surface area (Å²) < 4.78 is 5.31. The Morgan fingerprint density at radius 1 is 1.22 bits per heavy atom. The normalized spacial score (nSPS) is 10.9. The van der Waals surface area contributed by atoms with Crippen LogP contribution in [0.1, 0.15) is 10.4 Å². The van der Waals surface area contributed by atoms with Gasteiger partial charge in [-0.05, 0) is 24.3 Å². The van der Waals surface area contributed by atoms with E-state index in [0.29, 0.717) is 27.9 Å². The fraction of sp³-hybridized carbons (Fsp3) is 0.105. The molecule has 27 heavy (non-hydrogen) atoms. The lowest BCUT2D eigenvalue weighted by molar-refractivity contribution is 0.0827. The van der Waals surface area contributed by atoms with Crippen LogP contribution in [0.3, 0.4) is 0 Å². The average Bonchev–Trinajstić information content (AvgIpc) is 3.31. The molecule has 3 heterocycles. The van der Waals surface area contributed by atoms with E-state index in [1.807, 2.05) is 12.1 Å². The van der Waals surface area contributed by atoms with Crippen molar-refractivity contribution in [2.24, 2.45) is 0 Å². The summed E-state index contributed by atoms with van der Waals surface area (Å²) in [6, 6.07) is 8.96. The van der Waals surface area contributed by atoms with Crippen LogP contribution in [0.4, 0.5) is 11.5 Å². The van der Waals surface area contributed by atoms with Gasteiger partial charge in [0.15, 0.2) is 12.2 Å². The van der Waals surface area contributed by atoms with Crippen molar-refractivity contribution >= 4 is 39.9 Å². The molecule has 1 amide bonds. The molecule has 0 fully saturated rings. The zero-order valence-electron chi connectivity index (χ0n) is 14.7. The summed E-state index contributed by atoms with van der Waals surface area (Å²) in [5.41, 5.74) is 2.92. The summed E-state index contributed by atoms with van der Waals surface area (Å²) in [5.74, 6) is 1.18. The minimum absolute atomic E-state index is 0.102. The second kappa shape index (κ2) is 6.77. The van der Waals surface area contributed by atoms with Crippen molar-refractivity contribution in [1.82, 2.24) is 19.9 Å². The summed E-state index contributed by atoms with van der Waals surface area (Å²) >= 11 is 6.33. The zero-order chi connectivity index (χ0) is 19.0. The van der Waals surface area contributed by atoms with Crippen LogP contribution in [0.25, 0.3) is 22.4 Å². The number of carbonyl (C=O) groups is 1. The third kappa shape index (κ3) is 3.37. The van der Waals surface area contributed by atoms with Crippen LogP contribution in [0.5, 0.6) is 0 Å². The van der Waals surface area contributed by atoms with Crippen molar-refractivity contribution in [3.63, 3.8) is 0 Å². The molecule has 4 aromatic rings. The van der Waals surface area contributed by atoms with Gasteiger partial charge in [0.2, 0.25) is 0 Å². The van der Waals surface area contributed by atoms with Crippen molar-refractivity contribution in [2.75, 3.05) is 19.4 Å². The molecule has 3 aromatic heterocycles. The Hall–Kier alpha value is -3.32. The highest BCUT2D eigenvalue weighted by atomic mass is 35.5. The van der Waals surface area contributed by atoms with Gasteiger partial charge < -0.3 is 19.6 Å². The van der Waals surface area contributed by atoms with E-state index in [9.17, 15) is 4.79 Å². The van der Waals surface area contributed by atoms with E-state index in [4.69, 9.17) is 16.0 Å². The number of rotatable bonds is 4. The van der Waals surface area contributed by atoms with Gasteiger partial charge in [-0.15, -0.1) is 0 Å². The molecule has 8 heteroatoms. The van der Waals surface area contributed by atoms with Crippen molar-refractivity contribution in [3.8, 4) is 11.5 Å². The number of aromatic nitrogens is 3. The van der Waals surface area contributed by atoms with Gasteiger partial charge in [0, 0.05) is 37.3 Å². The molecule has 4 rings (SSSR count). The molecule has 7 nitrogen and oxygen atoms in total. The molecular formula is C19H16ClN5O2. The molecule has 0 unspecified atom stereocenters. The summed E-state index contributed by atoms with van der Waals surface area (Å²) in [5, 5.41) is 4.57. The lowest BCUT2D eigenvalue weighted by atomic mass is 10.2. The molecule has 0 atom stereocenters. The number of hydrogen-bond acceptors (Lipinski definition) is 5. The Bertz CT molecular complexity index is 1120. The third-order valence-electron chi connectivity index (χ3n) is 4.09. The number of amides is 1. The van der Waals surface area contributed by atoms with E-state index in [1.54, 1.807) is 44.7 Å². The van der Waals surface area contributed by atoms with E-state index in [0.717, 1.165) is 16.6 Å². The fourth-order valence-electron chi connectivity index (χ4n) is 2.72. The van der Waals surface area contributed by atoms with Crippen molar-refractivity contribution in [2.45, 2.75) is 0 Å². The topological polar surface area (TPSA) is 87.0 Å². The lowest BCUT2D eigenvalue weighted by Gasteiger charge is -2.12. The Morgan fingerprint density at radius 2 is 2.07 bits per heavy atom. The summed E-state index contributed by atoms with van der Waals surface area (Å²) in [6.07, 6.45) is 4.79. The maximum absolute atomic E-state index is 12.0. The second-order valence-electron chi connectivity index (χ2n) is 6.22. The van der Waals surface area contributed by atoms with Gasteiger partial charge in [-0.25, -0.2) is 9.97 Å². The minimum atomic E-state index is -0.102. The number of hydrogen-bond donors (Lipinski definition) is 2. The highest BCUT2D eigenvalue weighted by molar-refractivity contribution is 6.33. The van der Waals surface area contributed by atoms with E-state index in [2.05, 4.69) is 20.3 Å². The predicted molar refractivity (Wildman–Crippen MR) is 104 cm³/mol. The Balaban J connectivity index is 1.61. The number of oxazole rings is 1. The van der Waals surface area contributed by atoms with E-state index in [-0.39, 0.29) is 5.91 Å². The molecule has 1 aromatic carbocycles. The molecule has 0 spiro atoms. The molecule has 0 saturated heterocycles. The quantitative estimate of drug-likeness (QED) is 0.549. The number of aromatic amines is 1. The van der Waals surface area contributed by atoms with Gasteiger partial charge in [0.05, 0.1) is 28.1 Å². The third-order valence-corrected chi connectivity index (χ3v) is 4.40. The molecule has 2 N–H and O–H groups in total. The maximum atomic E-state index is 12.0. The fourth-order valence-corrected chi connectivity index (χ4v) is 2.95. The van der Waals surface area contributed by atoms with E-state index >= 15 is 0 Å². The first-order valence-electron chi connectivity index (χ1n) is 8.17. The predicted octanol–water partition coefficient (Wildman–Crippen LogP) is 4.32. The van der Waals surface area contributed by atoms with Crippen LogP contribution in [0.2, 0.25) is 5.02 Å². The van der Waals surface area contributed by atoms with Gasteiger partial charge in [-0.1, -0.05) is 11.6 Å². The minimum Gasteiger partial charge on any atom is -0.442 e. The number of halogens is 1. The zero-order valence-corrected chi connectivity index (χ0v) is 15.4. The van der Waals surface area contributed by atoms with Gasteiger partial charge >= 0.3 is 0 Å². The Kier molecular flexibility index (Phi) is 4.29. The monoisotopic (exact) mass is 381 g/mol. The Labute approximate surface area is 160 Å². The second-order valence-corrected chi connectivity index (χ2v) is 6.63. The summed E-state index contributed by atoms with van der Waals surface area (Å²) in [6.45, 7) is 0. The largest absolute Gasteiger partial charge is 0.442 e. The summed E-state index contributed by atoms with van der Waals surface area (Å²) in [7, 11) is 3.40. The molecule has 0 bridgehead atoms. The van der Waals surface area contributed by atoms with Gasteiger partial charge in [0.25, 0.3) is 5.91 Å². The maximum Gasteiger partial charge on any atom is 0.253 e. The van der Waals surface area contributed by atoms with Crippen molar-refractivity contribution in [1.29, 1.82) is 0 Å². The van der Waals surface area contributed by atoms with Crippen molar-refractivity contribution in [3.05, 3.63) is 59.7 Å². The smallest absolute Gasteiger partial charge is 0.253 e. The standard InChI is InChI=1S/C19H16ClN5O2/c1-25(2)19(26)11-3-4-14(13(20)5-11)24-18-7-15-12(8-22-18)6-16(23-15)17-9-21-10-27-17/h3-10,23H,1-2H3,(H,22,24). The number of nitrogens with one attached hydrogen (secondary N) is 2. The molecule has 0 aliphatic rings. The number of anilines is 2. The molecule has 0 aliphatic heterocycles. The number of nitrogens with zero attached hydrogens (tertiary/aromatic N) is 3. The lowest BCUT2D eigenvalue weighted by Crippen LogP contribution is -2.21. The van der Waals surface area contributed by atoms with Crippen LogP contribution in [0.15, 0.2) is 53.5 Å². The first-order chi connectivity index (χ1) is 13.0.